The van der Waals surface area contributed by atoms with Gasteiger partial charge in [-0.3, -0.25) is 4.79 Å². The van der Waals surface area contributed by atoms with Crippen LogP contribution in [0, 0.1) is 0 Å². The topological polar surface area (TPSA) is 85.4 Å². The van der Waals surface area contributed by atoms with Gasteiger partial charge in [-0.2, -0.15) is 4.98 Å². The van der Waals surface area contributed by atoms with Crippen molar-refractivity contribution in [3.8, 4) is 6.01 Å². The minimum Gasteiger partial charge on any atom is -0.467 e. The van der Waals surface area contributed by atoms with E-state index in [2.05, 4.69) is 20.6 Å². The van der Waals surface area contributed by atoms with Gasteiger partial charge in [0.2, 0.25) is 5.91 Å². The molecule has 0 unspecified atom stereocenters. The summed E-state index contributed by atoms with van der Waals surface area (Å²) in [6.45, 7) is 1.41. The van der Waals surface area contributed by atoms with Gasteiger partial charge in [-0.05, 0) is 0 Å². The average molecular weight is 289 g/mol. The fourth-order valence-corrected chi connectivity index (χ4v) is 1.41. The first kappa shape index (κ1) is 15.5. The summed E-state index contributed by atoms with van der Waals surface area (Å²) in [5.41, 5.74) is 0. The summed E-state index contributed by atoms with van der Waals surface area (Å²) in [4.78, 5) is 19.3. The van der Waals surface area contributed by atoms with Crippen LogP contribution in [-0.4, -0.2) is 49.8 Å². The number of methoxy groups -OCH3 is 2. The van der Waals surface area contributed by atoms with E-state index in [1.807, 2.05) is 0 Å². The standard InChI is InChI=1S/C11H17ClN4O3/c1-18-6-5-13-9(17)3-4-14-10-8(12)7-15-11(16-10)19-2/h7H,3-6H2,1-2H3,(H,13,17)(H,14,15,16). The third-order valence-corrected chi connectivity index (χ3v) is 2.45. The zero-order chi connectivity index (χ0) is 14.1. The predicted octanol–water partition coefficient (Wildman–Crippen LogP) is 0.703. The van der Waals surface area contributed by atoms with Crippen molar-refractivity contribution in [3.63, 3.8) is 0 Å². The first-order valence-electron chi connectivity index (χ1n) is 5.73. The first-order chi connectivity index (χ1) is 9.17. The van der Waals surface area contributed by atoms with Crippen LogP contribution >= 0.6 is 11.6 Å². The van der Waals surface area contributed by atoms with Gasteiger partial charge in [0, 0.05) is 26.6 Å². The number of rotatable bonds is 8. The van der Waals surface area contributed by atoms with Crippen LogP contribution in [0.15, 0.2) is 6.20 Å². The molecule has 0 aliphatic carbocycles. The summed E-state index contributed by atoms with van der Waals surface area (Å²) < 4.78 is 9.72. The Morgan fingerprint density at radius 2 is 2.21 bits per heavy atom. The Bertz CT molecular complexity index is 417. The SMILES string of the molecule is COCCNC(=O)CCNc1nc(OC)ncc1Cl. The minimum absolute atomic E-state index is 0.0679. The smallest absolute Gasteiger partial charge is 0.318 e. The van der Waals surface area contributed by atoms with Crippen LogP contribution in [0.4, 0.5) is 5.82 Å². The molecular weight excluding hydrogens is 272 g/mol. The Morgan fingerprint density at radius 3 is 2.89 bits per heavy atom. The molecule has 0 fully saturated rings. The van der Waals surface area contributed by atoms with Gasteiger partial charge in [-0.25, -0.2) is 4.98 Å². The number of nitrogens with zero attached hydrogens (tertiary/aromatic N) is 2. The fourth-order valence-electron chi connectivity index (χ4n) is 1.25. The lowest BCUT2D eigenvalue weighted by molar-refractivity contribution is -0.121. The molecule has 0 aromatic carbocycles. The van der Waals surface area contributed by atoms with Gasteiger partial charge in [0.1, 0.15) is 5.02 Å². The van der Waals surface area contributed by atoms with Crippen molar-refractivity contribution in [3.05, 3.63) is 11.2 Å². The molecule has 1 amide bonds. The van der Waals surface area contributed by atoms with Crippen molar-refractivity contribution < 1.29 is 14.3 Å². The summed E-state index contributed by atoms with van der Waals surface area (Å²) in [6, 6.07) is 0.219. The molecule has 1 aromatic heterocycles. The molecule has 2 N–H and O–H groups in total. The Kier molecular flexibility index (Phi) is 6.91. The van der Waals surface area contributed by atoms with E-state index in [0.717, 1.165) is 0 Å². The Balaban J connectivity index is 2.34. The summed E-state index contributed by atoms with van der Waals surface area (Å²) in [7, 11) is 3.05. The van der Waals surface area contributed by atoms with E-state index in [-0.39, 0.29) is 11.9 Å². The van der Waals surface area contributed by atoms with Gasteiger partial charge < -0.3 is 20.1 Å². The van der Waals surface area contributed by atoms with Crippen molar-refractivity contribution in [1.82, 2.24) is 15.3 Å². The molecule has 0 spiro atoms. The maximum atomic E-state index is 11.4. The summed E-state index contributed by atoms with van der Waals surface area (Å²) in [5.74, 6) is 0.375. The van der Waals surface area contributed by atoms with E-state index in [9.17, 15) is 4.79 Å². The van der Waals surface area contributed by atoms with Crippen LogP contribution in [0.5, 0.6) is 6.01 Å². The quantitative estimate of drug-likeness (QED) is 0.685. The molecule has 0 aliphatic heterocycles. The van der Waals surface area contributed by atoms with Crippen LogP contribution in [0.1, 0.15) is 6.42 Å². The molecule has 1 rings (SSSR count). The van der Waals surface area contributed by atoms with Gasteiger partial charge in [-0.1, -0.05) is 11.6 Å². The highest BCUT2D eigenvalue weighted by Crippen LogP contribution is 2.19. The van der Waals surface area contributed by atoms with E-state index in [4.69, 9.17) is 21.1 Å². The van der Waals surface area contributed by atoms with E-state index >= 15 is 0 Å². The zero-order valence-electron chi connectivity index (χ0n) is 10.9. The number of anilines is 1. The molecule has 106 valence electrons. The Labute approximate surface area is 116 Å². The average Bonchev–Trinajstić information content (AvgIpc) is 2.41. The highest BCUT2D eigenvalue weighted by Gasteiger charge is 2.06. The number of amides is 1. The van der Waals surface area contributed by atoms with Crippen LogP contribution in [0.2, 0.25) is 5.02 Å². The summed E-state index contributed by atoms with van der Waals surface area (Å²) >= 11 is 5.91. The van der Waals surface area contributed by atoms with Crippen molar-refractivity contribution in [2.75, 3.05) is 39.2 Å². The second-order valence-corrected chi connectivity index (χ2v) is 3.98. The largest absolute Gasteiger partial charge is 0.467 e. The molecule has 0 aliphatic rings. The van der Waals surface area contributed by atoms with E-state index in [1.54, 1.807) is 7.11 Å². The molecule has 7 nitrogen and oxygen atoms in total. The molecule has 0 atom stereocenters. The van der Waals surface area contributed by atoms with Crippen LogP contribution in [-0.2, 0) is 9.53 Å². The van der Waals surface area contributed by atoms with Crippen molar-refractivity contribution in [2.45, 2.75) is 6.42 Å². The van der Waals surface area contributed by atoms with Gasteiger partial charge in [-0.15, -0.1) is 0 Å². The number of hydrogen-bond acceptors (Lipinski definition) is 6. The van der Waals surface area contributed by atoms with Crippen LogP contribution in [0.25, 0.3) is 0 Å². The van der Waals surface area contributed by atoms with Crippen LogP contribution < -0.4 is 15.4 Å². The number of carbonyl (C=O) groups excluding carboxylic acids is 1. The lowest BCUT2D eigenvalue weighted by atomic mass is 10.4. The lowest BCUT2D eigenvalue weighted by Gasteiger charge is -2.08. The highest BCUT2D eigenvalue weighted by molar-refractivity contribution is 6.32. The first-order valence-corrected chi connectivity index (χ1v) is 6.11. The number of halogens is 1. The lowest BCUT2D eigenvalue weighted by Crippen LogP contribution is -2.28. The number of aromatic nitrogens is 2. The third-order valence-electron chi connectivity index (χ3n) is 2.18. The van der Waals surface area contributed by atoms with Gasteiger partial charge in [0.05, 0.1) is 19.9 Å². The van der Waals surface area contributed by atoms with Crippen LogP contribution in [0.3, 0.4) is 0 Å². The molecule has 0 saturated heterocycles. The maximum absolute atomic E-state index is 11.4. The van der Waals surface area contributed by atoms with Gasteiger partial charge >= 0.3 is 6.01 Å². The zero-order valence-corrected chi connectivity index (χ0v) is 11.7. The van der Waals surface area contributed by atoms with Crippen molar-refractivity contribution >= 4 is 23.3 Å². The fraction of sp³-hybridized carbons (Fsp3) is 0.545. The van der Waals surface area contributed by atoms with E-state index in [0.29, 0.717) is 37.0 Å². The molecular formula is C11H17ClN4O3. The molecule has 19 heavy (non-hydrogen) atoms. The molecule has 1 aromatic rings. The molecule has 8 heteroatoms. The van der Waals surface area contributed by atoms with Crippen molar-refractivity contribution in [2.24, 2.45) is 0 Å². The second-order valence-electron chi connectivity index (χ2n) is 3.57. The number of hydrogen-bond donors (Lipinski definition) is 2. The summed E-state index contributed by atoms with van der Waals surface area (Å²) in [6.07, 6.45) is 1.75. The third kappa shape index (κ3) is 5.71. The maximum Gasteiger partial charge on any atom is 0.318 e. The number of nitrogens with one attached hydrogen (secondary N) is 2. The molecule has 0 radical (unpaired) electrons. The highest BCUT2D eigenvalue weighted by atomic mass is 35.5. The van der Waals surface area contributed by atoms with Gasteiger partial charge in [0.15, 0.2) is 5.82 Å². The normalized spacial score (nSPS) is 10.1. The Hall–Kier alpha value is -1.60. The monoisotopic (exact) mass is 288 g/mol. The minimum atomic E-state index is -0.0679. The molecule has 0 bridgehead atoms. The molecule has 0 saturated carbocycles. The predicted molar refractivity (Wildman–Crippen MR) is 71.6 cm³/mol. The van der Waals surface area contributed by atoms with E-state index in [1.165, 1.54) is 13.3 Å². The Morgan fingerprint density at radius 1 is 1.42 bits per heavy atom. The van der Waals surface area contributed by atoms with Gasteiger partial charge in [0.25, 0.3) is 0 Å². The molecule has 1 heterocycles. The second kappa shape index (κ2) is 8.49. The van der Waals surface area contributed by atoms with E-state index < -0.39 is 0 Å². The number of carbonyl (C=O) groups is 1. The summed E-state index contributed by atoms with van der Waals surface area (Å²) in [5, 5.41) is 6.04. The van der Waals surface area contributed by atoms with Crippen molar-refractivity contribution in [1.29, 1.82) is 0 Å². The number of ether oxygens (including phenoxy) is 2.